The first kappa shape index (κ1) is 67.3. The van der Waals surface area contributed by atoms with E-state index in [2.05, 4.69) is 123 Å². The highest BCUT2D eigenvalue weighted by atomic mass is 32.1. The number of aromatic nitrogens is 21. The van der Waals surface area contributed by atoms with Crippen molar-refractivity contribution in [1.29, 1.82) is 0 Å². The quantitative estimate of drug-likeness (QED) is 0.0941. The molecule has 0 aliphatic heterocycles. The van der Waals surface area contributed by atoms with Crippen LogP contribution in [0.15, 0.2) is 349 Å². The maximum Gasteiger partial charge on any atom is 0.213 e. The van der Waals surface area contributed by atoms with Crippen LogP contribution in [0.1, 0.15) is 0 Å². The van der Waals surface area contributed by atoms with Crippen molar-refractivity contribution in [3.63, 3.8) is 0 Å². The van der Waals surface area contributed by atoms with E-state index in [9.17, 15) is 0 Å². The number of H-pyrrole nitrogens is 5. The molecule has 0 aliphatic carbocycles. The van der Waals surface area contributed by atoms with Gasteiger partial charge < -0.3 is 37.7 Å². The van der Waals surface area contributed by atoms with Crippen molar-refractivity contribution in [2.24, 2.45) is 0 Å². The van der Waals surface area contributed by atoms with Gasteiger partial charge in [-0.2, -0.15) is 16.4 Å². The second kappa shape index (κ2) is 59.4. The average Bonchev–Trinajstić information content (AvgIpc) is 4.41. The Balaban J connectivity index is 0.000000305. The summed E-state index contributed by atoms with van der Waals surface area (Å²) in [5.41, 5.74) is 3.91. The number of fused-ring (bicyclic) bond motifs is 1. The summed E-state index contributed by atoms with van der Waals surface area (Å²) in [5, 5.41) is 22.1. The second-order valence-corrected chi connectivity index (χ2v) is 14.6. The molecule has 25 nitrogen and oxygen atoms in total. The van der Waals surface area contributed by atoms with Gasteiger partial charge in [0.25, 0.3) is 0 Å². The van der Waals surface area contributed by atoms with Crippen molar-refractivity contribution in [3.8, 4) is 0 Å². The van der Waals surface area contributed by atoms with Crippen molar-refractivity contribution in [1.82, 2.24) is 105 Å². The number of furan rings is 1. The predicted molar refractivity (Wildman–Crippen MR) is 315 cm³/mol. The number of hydrogen-bond acceptors (Lipinski definition) is 22. The average molecular weight is 1150 g/mol. The van der Waals surface area contributed by atoms with E-state index in [1.807, 2.05) is 138 Å². The number of nitrogens with one attached hydrogen (secondary N) is 5. The summed E-state index contributed by atoms with van der Waals surface area (Å²) in [6.07, 6.45) is 52.2. The SMILES string of the molecule is c1c[nH]cn1.c1cc[nH]c1.c1cc[nH]c1.c1ccc2[nH]cnc2c1.c1ccncc1.c1ccoc1.c1ccsc1.c1cn[nH]c1.c1cnccn1.c1cncnc1.c1cncnc1.c1cocn1.c1cscn1.c1ncon1.c1nnco1. The smallest absolute Gasteiger partial charge is 0.213 e. The van der Waals surface area contributed by atoms with Gasteiger partial charge in [-0.3, -0.25) is 25.0 Å². The Hall–Kier alpha value is -11.8. The summed E-state index contributed by atoms with van der Waals surface area (Å²) in [6, 6.07) is 34.5. The van der Waals surface area contributed by atoms with Crippen molar-refractivity contribution in [2.45, 2.75) is 0 Å². The highest BCUT2D eigenvalue weighted by Crippen LogP contribution is 2.05. The molecule has 0 spiro atoms. The van der Waals surface area contributed by atoms with Crippen LogP contribution >= 0.6 is 22.7 Å². The third-order valence-corrected chi connectivity index (χ3v) is 8.39. The van der Waals surface area contributed by atoms with E-state index in [0.29, 0.717) is 0 Å². The van der Waals surface area contributed by atoms with Crippen LogP contribution in [0.5, 0.6) is 0 Å². The van der Waals surface area contributed by atoms with E-state index < -0.39 is 0 Å². The van der Waals surface area contributed by atoms with E-state index >= 15 is 0 Å². The van der Waals surface area contributed by atoms with Crippen LogP contribution in [-0.2, 0) is 0 Å². The molecule has 424 valence electrons. The standard InChI is InChI=1S/C7H6N2.C5H5N.3C4H4N2.2C4H5N.C4H4O.C4H4S.2C3H4N2.C3H3NO.C3H3NS.2C2H2N2O/c1-2-4-7-6(3-1)8-5-9-7;1-2-4-6-5-3-1;1-2-6-4-3-5-1;2*1-2-5-4-6-3-1;4*1-2-4-5-3-1;1-2-5-3-4-1;1-2-4-5-3-1;2*1-2-5-3-4-1;1-3-4-2-5-1;1-3-2-5-4-1/h1-5H,(H,8,9);1-5H;3*1-4H;2*1-5H;2*1-4H;2*1-3H,(H,4,5);2*1-3H;2*1-2H. The number of nitrogens with zero attached hydrogens (tertiary/aromatic N) is 16. The highest BCUT2D eigenvalue weighted by molar-refractivity contribution is 7.07. The molecular weight excluding hydrogens is 1090 g/mol. The fraction of sp³-hybridized carbons (Fsp3) is 0. The summed E-state index contributed by atoms with van der Waals surface area (Å²) in [4.78, 5) is 55.9. The lowest BCUT2D eigenvalue weighted by Gasteiger charge is -1.81. The predicted octanol–water partition coefficient (Wildman–Crippen LogP) is 11.9. The zero-order valence-electron chi connectivity index (χ0n) is 44.3. The van der Waals surface area contributed by atoms with Gasteiger partial charge in [0.15, 0.2) is 12.7 Å². The summed E-state index contributed by atoms with van der Waals surface area (Å²) in [7, 11) is 0. The summed E-state index contributed by atoms with van der Waals surface area (Å²) < 4.78 is 17.6. The number of thiazole rings is 1. The number of rotatable bonds is 0. The number of hydrogen-bond donors (Lipinski definition) is 5. The molecule has 0 amide bonds. The van der Waals surface area contributed by atoms with Crippen LogP contribution in [0.25, 0.3) is 11.0 Å². The lowest BCUT2D eigenvalue weighted by Crippen LogP contribution is -1.66. The van der Waals surface area contributed by atoms with Crippen molar-refractivity contribution >= 4 is 33.7 Å². The van der Waals surface area contributed by atoms with Gasteiger partial charge in [0.05, 0.1) is 47.9 Å². The number of oxazole rings is 1. The fourth-order valence-corrected chi connectivity index (χ4v) is 4.82. The Kier molecular flexibility index (Phi) is 48.1. The van der Waals surface area contributed by atoms with E-state index in [1.165, 1.54) is 50.8 Å². The molecule has 0 saturated heterocycles. The van der Waals surface area contributed by atoms with Crippen LogP contribution < -0.4 is 0 Å². The fourth-order valence-electron chi connectivity index (χ4n) is 4.02. The maximum atomic E-state index is 4.58. The Morgan fingerprint density at radius 3 is 1.23 bits per heavy atom. The number of pyridine rings is 1. The molecule has 0 unspecified atom stereocenters. The van der Waals surface area contributed by atoms with Crippen LogP contribution in [-0.4, -0.2) is 105 Å². The largest absolute Gasteiger partial charge is 0.473 e. The van der Waals surface area contributed by atoms with Gasteiger partial charge in [0.2, 0.25) is 19.2 Å². The van der Waals surface area contributed by atoms with E-state index in [-0.39, 0.29) is 0 Å². The first-order chi connectivity index (χ1) is 41.5. The molecule has 0 fully saturated rings. The minimum absolute atomic E-state index is 1.03. The number of para-hydroxylation sites is 2. The van der Waals surface area contributed by atoms with E-state index in [0.717, 1.165) is 11.0 Å². The van der Waals surface area contributed by atoms with Crippen LogP contribution in [0.4, 0.5) is 0 Å². The number of imidazole rings is 2. The van der Waals surface area contributed by atoms with E-state index in [4.69, 9.17) is 0 Å². The molecule has 15 aromatic heterocycles. The zero-order valence-corrected chi connectivity index (χ0v) is 45.9. The van der Waals surface area contributed by atoms with Gasteiger partial charge in [-0.1, -0.05) is 35.5 Å². The number of benzene rings is 1. The van der Waals surface area contributed by atoms with Crippen LogP contribution in [0.3, 0.4) is 0 Å². The first-order valence-electron chi connectivity index (χ1n) is 23.8. The molecule has 5 N–H and O–H groups in total. The third-order valence-electron chi connectivity index (χ3n) is 7.24. The Morgan fingerprint density at radius 1 is 0.349 bits per heavy atom. The third kappa shape index (κ3) is 52.0. The van der Waals surface area contributed by atoms with Crippen LogP contribution in [0.2, 0.25) is 0 Å². The normalized spacial score (nSPS) is 8.24. The molecule has 16 aromatic rings. The molecule has 0 atom stereocenters. The molecule has 1 aromatic carbocycles. The van der Waals surface area contributed by atoms with Crippen molar-refractivity contribution < 1.29 is 17.8 Å². The van der Waals surface area contributed by atoms with Gasteiger partial charge in [0, 0.05) is 123 Å². The van der Waals surface area contributed by atoms with Gasteiger partial charge in [-0.05, 0) is 89.6 Å². The molecular formula is C56H59N21O4S2. The van der Waals surface area contributed by atoms with Gasteiger partial charge in [-0.15, -0.1) is 21.5 Å². The zero-order chi connectivity index (χ0) is 58.4. The number of thiophene rings is 1. The maximum absolute atomic E-state index is 4.58. The van der Waals surface area contributed by atoms with Gasteiger partial charge >= 0.3 is 0 Å². The molecule has 27 heteroatoms. The van der Waals surface area contributed by atoms with Crippen LogP contribution in [0, 0.1) is 0 Å². The lowest BCUT2D eigenvalue weighted by atomic mass is 10.3. The van der Waals surface area contributed by atoms with Crippen molar-refractivity contribution in [3.05, 3.63) is 331 Å². The molecule has 0 aliphatic rings. The van der Waals surface area contributed by atoms with Gasteiger partial charge in [-0.25, -0.2) is 39.9 Å². The summed E-state index contributed by atoms with van der Waals surface area (Å²) >= 11 is 3.31. The summed E-state index contributed by atoms with van der Waals surface area (Å²) in [6.45, 7) is 0. The molecule has 0 bridgehead atoms. The molecule has 15 heterocycles. The molecule has 16 rings (SSSR count). The van der Waals surface area contributed by atoms with Gasteiger partial charge in [0.1, 0.15) is 18.9 Å². The second-order valence-electron chi connectivity index (χ2n) is 13.0. The van der Waals surface area contributed by atoms with Crippen molar-refractivity contribution in [2.75, 3.05) is 0 Å². The minimum atomic E-state index is 1.03. The molecule has 0 saturated carbocycles. The Bertz CT molecular complexity index is 2420. The molecule has 0 radical (unpaired) electrons. The van der Waals surface area contributed by atoms with E-state index in [1.54, 1.807) is 165 Å². The topological polar surface area (TPSA) is 338 Å². The summed E-state index contributed by atoms with van der Waals surface area (Å²) in [5.74, 6) is 0. The lowest BCUT2D eigenvalue weighted by molar-refractivity contribution is 0.416. The monoisotopic (exact) mass is 1150 g/mol. The first-order valence-corrected chi connectivity index (χ1v) is 25.7. The Labute approximate surface area is 485 Å². The highest BCUT2D eigenvalue weighted by Gasteiger charge is 1.88. The number of aromatic amines is 5. The minimum Gasteiger partial charge on any atom is -0.473 e. The Morgan fingerprint density at radius 2 is 0.988 bits per heavy atom. The molecule has 83 heavy (non-hydrogen) atoms.